The smallest absolute Gasteiger partial charge is 0.410 e. The number of esters is 1. The first-order valence-electron chi connectivity index (χ1n) is 12.8. The van der Waals surface area contributed by atoms with Gasteiger partial charge in [0.15, 0.2) is 0 Å². The van der Waals surface area contributed by atoms with E-state index in [2.05, 4.69) is 9.97 Å². The zero-order chi connectivity index (χ0) is 26.4. The molecule has 0 saturated carbocycles. The van der Waals surface area contributed by atoms with E-state index in [0.29, 0.717) is 25.3 Å². The van der Waals surface area contributed by atoms with Gasteiger partial charge in [-0.3, -0.25) is 4.98 Å². The Bertz CT molecular complexity index is 1250. The Morgan fingerprint density at radius 3 is 2.49 bits per heavy atom. The summed E-state index contributed by atoms with van der Waals surface area (Å²) in [6.45, 7) is 8.85. The minimum absolute atomic E-state index is 0.103. The van der Waals surface area contributed by atoms with Crippen LogP contribution < -0.4 is 0 Å². The second-order valence-corrected chi connectivity index (χ2v) is 10.2. The molecule has 0 spiro atoms. The van der Waals surface area contributed by atoms with Crippen LogP contribution in [0.1, 0.15) is 73.8 Å². The van der Waals surface area contributed by atoms with E-state index in [1.807, 2.05) is 81.5 Å². The fraction of sp³-hybridized carbons (Fsp3) is 0.367. The van der Waals surface area contributed by atoms with Crippen LogP contribution in [0.2, 0.25) is 0 Å². The Hall–Kier alpha value is -3.87. The van der Waals surface area contributed by atoms with Crippen LogP contribution in [0.25, 0.3) is 23.4 Å². The highest BCUT2D eigenvalue weighted by Gasteiger charge is 2.31. The summed E-state index contributed by atoms with van der Waals surface area (Å²) in [5.74, 6) is -0.237. The summed E-state index contributed by atoms with van der Waals surface area (Å²) in [5.41, 5.74) is 4.57. The van der Waals surface area contributed by atoms with Crippen molar-refractivity contribution in [3.8, 4) is 11.3 Å². The molecule has 1 amide bonds. The van der Waals surface area contributed by atoms with E-state index >= 15 is 0 Å². The molecule has 1 saturated heterocycles. The minimum atomic E-state index is -0.529. The van der Waals surface area contributed by atoms with E-state index in [1.54, 1.807) is 18.0 Å². The van der Waals surface area contributed by atoms with Crippen LogP contribution in [0.3, 0.4) is 0 Å². The molecule has 1 aromatic carbocycles. The maximum atomic E-state index is 12.9. The molecule has 0 unspecified atom stereocenters. The van der Waals surface area contributed by atoms with Crippen molar-refractivity contribution >= 4 is 24.2 Å². The molecule has 4 rings (SSSR count). The first kappa shape index (κ1) is 26.2. The molecule has 0 aliphatic carbocycles. The van der Waals surface area contributed by atoms with Gasteiger partial charge in [-0.15, -0.1) is 0 Å². The summed E-state index contributed by atoms with van der Waals surface area (Å²) < 4.78 is 10.9. The van der Waals surface area contributed by atoms with Crippen LogP contribution >= 0.6 is 0 Å². The number of pyridine rings is 1. The predicted octanol–water partition coefficient (Wildman–Crippen LogP) is 6.54. The highest BCUT2D eigenvalue weighted by Crippen LogP contribution is 2.34. The van der Waals surface area contributed by atoms with Crippen molar-refractivity contribution in [3.05, 3.63) is 77.2 Å². The van der Waals surface area contributed by atoms with E-state index in [1.165, 1.54) is 0 Å². The number of carbonyl (C=O) groups excluding carboxylic acids is 2. The summed E-state index contributed by atoms with van der Waals surface area (Å²) in [5, 5.41) is 0. The Balaban J connectivity index is 1.55. The molecule has 1 aliphatic heterocycles. The van der Waals surface area contributed by atoms with Gasteiger partial charge in [0.1, 0.15) is 5.60 Å². The van der Waals surface area contributed by atoms with E-state index in [-0.39, 0.29) is 18.0 Å². The maximum Gasteiger partial charge on any atom is 0.410 e. The van der Waals surface area contributed by atoms with Gasteiger partial charge in [-0.1, -0.05) is 36.4 Å². The van der Waals surface area contributed by atoms with Crippen molar-refractivity contribution in [1.29, 1.82) is 0 Å². The SMILES string of the molecule is CCOC(=O)c1cc(-c2ccnc(C=Cc3ccccc3)c2)[nH]c1C1CCN(C(=O)OC(C)(C)C)CC1. The molecule has 194 valence electrons. The Kier molecular flexibility index (Phi) is 8.11. The third kappa shape index (κ3) is 6.88. The normalized spacial score (nSPS) is 14.6. The molecule has 0 radical (unpaired) electrons. The lowest BCUT2D eigenvalue weighted by Gasteiger charge is -2.33. The molecule has 0 atom stereocenters. The average Bonchev–Trinajstić information content (AvgIpc) is 3.33. The van der Waals surface area contributed by atoms with Gasteiger partial charge in [0.05, 0.1) is 17.9 Å². The van der Waals surface area contributed by atoms with Gasteiger partial charge in [0, 0.05) is 42.2 Å². The summed E-state index contributed by atoms with van der Waals surface area (Å²) in [6, 6.07) is 15.9. The molecule has 7 nitrogen and oxygen atoms in total. The number of hydrogen-bond donors (Lipinski definition) is 1. The lowest BCUT2D eigenvalue weighted by Crippen LogP contribution is -2.41. The molecule has 1 fully saturated rings. The number of H-pyrrole nitrogens is 1. The van der Waals surface area contributed by atoms with Gasteiger partial charge in [-0.25, -0.2) is 9.59 Å². The predicted molar refractivity (Wildman–Crippen MR) is 145 cm³/mol. The molecule has 7 heteroatoms. The van der Waals surface area contributed by atoms with Gasteiger partial charge in [-0.2, -0.15) is 0 Å². The number of benzene rings is 1. The second-order valence-electron chi connectivity index (χ2n) is 10.2. The number of amides is 1. The van der Waals surface area contributed by atoms with Gasteiger partial charge in [0.25, 0.3) is 0 Å². The van der Waals surface area contributed by atoms with Crippen LogP contribution in [0.5, 0.6) is 0 Å². The number of piperidine rings is 1. The van der Waals surface area contributed by atoms with Crippen LogP contribution in [-0.2, 0) is 9.47 Å². The Labute approximate surface area is 218 Å². The lowest BCUT2D eigenvalue weighted by molar-refractivity contribution is 0.0202. The summed E-state index contributed by atoms with van der Waals surface area (Å²) >= 11 is 0. The van der Waals surface area contributed by atoms with Crippen LogP contribution in [0.15, 0.2) is 54.7 Å². The fourth-order valence-electron chi connectivity index (χ4n) is 4.46. The van der Waals surface area contributed by atoms with Crippen molar-refractivity contribution in [2.45, 2.75) is 52.1 Å². The zero-order valence-electron chi connectivity index (χ0n) is 22.0. The minimum Gasteiger partial charge on any atom is -0.462 e. The van der Waals surface area contributed by atoms with Gasteiger partial charge >= 0.3 is 12.1 Å². The van der Waals surface area contributed by atoms with Crippen LogP contribution in [0, 0.1) is 0 Å². The highest BCUT2D eigenvalue weighted by molar-refractivity contribution is 5.93. The summed E-state index contributed by atoms with van der Waals surface area (Å²) in [7, 11) is 0. The molecule has 1 N–H and O–H groups in total. The molecular weight excluding hydrogens is 466 g/mol. The summed E-state index contributed by atoms with van der Waals surface area (Å²) in [4.78, 5) is 35.1. The largest absolute Gasteiger partial charge is 0.462 e. The molecular formula is C30H35N3O4. The van der Waals surface area contributed by atoms with E-state index < -0.39 is 5.60 Å². The Morgan fingerprint density at radius 2 is 1.81 bits per heavy atom. The standard InChI is InChI=1S/C30H35N3O4/c1-5-36-28(34)25-20-26(23-13-16-31-24(19-23)12-11-21-9-7-6-8-10-21)32-27(25)22-14-17-33(18-15-22)29(35)37-30(2,3)4/h6-13,16,19-20,22,32H,5,14-15,17-18H2,1-4H3. The number of aromatic nitrogens is 2. The van der Waals surface area contributed by atoms with Gasteiger partial charge < -0.3 is 19.4 Å². The number of carbonyl (C=O) groups is 2. The highest BCUT2D eigenvalue weighted by atomic mass is 16.6. The summed E-state index contributed by atoms with van der Waals surface area (Å²) in [6.07, 6.45) is 6.93. The van der Waals surface area contributed by atoms with Crippen LogP contribution in [0.4, 0.5) is 4.79 Å². The monoisotopic (exact) mass is 501 g/mol. The van der Waals surface area contributed by atoms with Crippen LogP contribution in [-0.4, -0.2) is 52.2 Å². The molecule has 2 aromatic heterocycles. The lowest BCUT2D eigenvalue weighted by atomic mass is 9.91. The topological polar surface area (TPSA) is 84.5 Å². The Morgan fingerprint density at radius 1 is 1.08 bits per heavy atom. The quantitative estimate of drug-likeness (QED) is 0.388. The maximum absolute atomic E-state index is 12.9. The van der Waals surface area contributed by atoms with Crippen molar-refractivity contribution in [2.24, 2.45) is 0 Å². The van der Waals surface area contributed by atoms with E-state index in [9.17, 15) is 9.59 Å². The van der Waals surface area contributed by atoms with E-state index in [4.69, 9.17) is 9.47 Å². The van der Waals surface area contributed by atoms with Gasteiger partial charge in [0.2, 0.25) is 0 Å². The number of likely N-dealkylation sites (tertiary alicyclic amines) is 1. The fourth-order valence-corrected chi connectivity index (χ4v) is 4.46. The van der Waals surface area contributed by atoms with Crippen molar-refractivity contribution in [1.82, 2.24) is 14.9 Å². The molecule has 37 heavy (non-hydrogen) atoms. The third-order valence-corrected chi connectivity index (χ3v) is 6.24. The number of rotatable bonds is 6. The van der Waals surface area contributed by atoms with Gasteiger partial charge in [-0.05, 0) is 70.4 Å². The second kappa shape index (κ2) is 11.5. The molecule has 3 aromatic rings. The first-order valence-corrected chi connectivity index (χ1v) is 12.8. The third-order valence-electron chi connectivity index (χ3n) is 6.24. The number of nitrogens with zero attached hydrogens (tertiary/aromatic N) is 2. The number of aromatic amines is 1. The van der Waals surface area contributed by atoms with E-state index in [0.717, 1.165) is 41.1 Å². The van der Waals surface area contributed by atoms with Crippen molar-refractivity contribution < 1.29 is 19.1 Å². The zero-order valence-corrected chi connectivity index (χ0v) is 22.0. The number of nitrogens with one attached hydrogen (secondary N) is 1. The first-order chi connectivity index (χ1) is 17.7. The number of ether oxygens (including phenoxy) is 2. The molecule has 1 aliphatic rings. The number of hydrogen-bond acceptors (Lipinski definition) is 5. The molecule has 0 bridgehead atoms. The molecule has 3 heterocycles. The van der Waals surface area contributed by atoms with Crippen molar-refractivity contribution in [2.75, 3.05) is 19.7 Å². The van der Waals surface area contributed by atoms with Crippen molar-refractivity contribution in [3.63, 3.8) is 0 Å². The average molecular weight is 502 g/mol.